The minimum atomic E-state index is -4.03. The number of amides is 1. The molecule has 0 spiro atoms. The summed E-state index contributed by atoms with van der Waals surface area (Å²) < 4.78 is 29.9. The molecule has 0 saturated heterocycles. The summed E-state index contributed by atoms with van der Waals surface area (Å²) in [4.78, 5) is 13.4. The lowest BCUT2D eigenvalue weighted by atomic mass is 10.1. The first-order chi connectivity index (χ1) is 18.1. The lowest BCUT2D eigenvalue weighted by molar-refractivity contribution is 0.0955. The fraction of sp³-hybridized carbons (Fsp3) is 0.103. The minimum Gasteiger partial charge on any atom is -0.267 e. The van der Waals surface area contributed by atoms with Gasteiger partial charge < -0.3 is 0 Å². The molecule has 4 aromatic rings. The highest BCUT2D eigenvalue weighted by Crippen LogP contribution is 2.30. The minimum absolute atomic E-state index is 0.00197. The Bertz CT molecular complexity index is 1590. The molecule has 0 unspecified atom stereocenters. The third kappa shape index (κ3) is 6.51. The van der Waals surface area contributed by atoms with E-state index in [2.05, 4.69) is 26.5 Å². The van der Waals surface area contributed by atoms with Crippen LogP contribution in [-0.4, -0.2) is 20.0 Å². The Kier molecular flexibility index (Phi) is 8.66. The number of aryl methyl sites for hydroxylation is 1. The van der Waals surface area contributed by atoms with E-state index in [0.717, 1.165) is 15.6 Å². The van der Waals surface area contributed by atoms with Crippen molar-refractivity contribution < 1.29 is 13.2 Å². The quantitative estimate of drug-likeness (QED) is 0.173. The van der Waals surface area contributed by atoms with Crippen molar-refractivity contribution >= 4 is 54.9 Å². The summed E-state index contributed by atoms with van der Waals surface area (Å²) in [6, 6.07) is 27.6. The van der Waals surface area contributed by atoms with Crippen LogP contribution in [0.2, 0.25) is 5.02 Å². The number of benzene rings is 4. The maximum atomic E-state index is 13.9. The second-order valence-corrected chi connectivity index (χ2v) is 11.8. The van der Waals surface area contributed by atoms with Crippen molar-refractivity contribution in [3.05, 3.63) is 129 Å². The van der Waals surface area contributed by atoms with E-state index in [1.807, 2.05) is 31.2 Å². The third-order valence-corrected chi connectivity index (χ3v) is 8.35. The molecule has 38 heavy (non-hydrogen) atoms. The topological polar surface area (TPSA) is 78.8 Å². The van der Waals surface area contributed by atoms with Gasteiger partial charge in [-0.1, -0.05) is 81.6 Å². The first kappa shape index (κ1) is 27.6. The van der Waals surface area contributed by atoms with E-state index in [4.69, 9.17) is 11.6 Å². The molecule has 0 aliphatic heterocycles. The summed E-state index contributed by atoms with van der Waals surface area (Å²) in [6.07, 6.45) is 0. The summed E-state index contributed by atoms with van der Waals surface area (Å²) in [5, 5.41) is 4.79. The van der Waals surface area contributed by atoms with Crippen molar-refractivity contribution in [3.8, 4) is 0 Å². The Labute approximate surface area is 236 Å². The van der Waals surface area contributed by atoms with Gasteiger partial charge in [0.25, 0.3) is 15.9 Å². The van der Waals surface area contributed by atoms with Crippen LogP contribution < -0.4 is 9.73 Å². The van der Waals surface area contributed by atoms with Crippen LogP contribution in [0.4, 0.5) is 5.69 Å². The van der Waals surface area contributed by atoms with Crippen molar-refractivity contribution in [3.63, 3.8) is 0 Å². The number of hydrogen-bond donors (Lipinski definition) is 1. The van der Waals surface area contributed by atoms with Crippen LogP contribution in [0.15, 0.2) is 112 Å². The lowest BCUT2D eigenvalue weighted by Crippen LogP contribution is -2.33. The van der Waals surface area contributed by atoms with E-state index in [9.17, 15) is 13.2 Å². The van der Waals surface area contributed by atoms with Crippen LogP contribution in [0, 0.1) is 6.92 Å². The van der Waals surface area contributed by atoms with Crippen molar-refractivity contribution in [1.29, 1.82) is 0 Å². The van der Waals surface area contributed by atoms with Gasteiger partial charge in [-0.25, -0.2) is 13.8 Å². The molecule has 0 aliphatic rings. The van der Waals surface area contributed by atoms with Crippen molar-refractivity contribution in [1.82, 2.24) is 5.43 Å². The molecular formula is C29H25BrClN3O3S. The number of carbonyl (C=O) groups excluding carboxylic acids is 1. The van der Waals surface area contributed by atoms with E-state index >= 15 is 0 Å². The maximum Gasteiger partial charge on any atom is 0.273 e. The highest BCUT2D eigenvalue weighted by molar-refractivity contribution is 9.10. The van der Waals surface area contributed by atoms with Crippen molar-refractivity contribution in [2.24, 2.45) is 5.10 Å². The number of nitrogens with zero attached hydrogens (tertiary/aromatic N) is 2. The zero-order valence-electron chi connectivity index (χ0n) is 20.7. The smallest absolute Gasteiger partial charge is 0.267 e. The standard InChI is InChI=1S/C29H25BrClN3O3S/c1-20-10-16-26(17-11-20)38(36,37)34(19-22-12-14-25(31)15-13-22)28-9-4-3-8-27(28)29(35)33-32-21(2)23-6-5-7-24(30)18-23/h3-18H,19H2,1-2H3,(H,33,35). The van der Waals surface area contributed by atoms with Crippen LogP contribution in [0.25, 0.3) is 0 Å². The highest BCUT2D eigenvalue weighted by Gasteiger charge is 2.28. The molecule has 0 atom stereocenters. The van der Waals surface area contributed by atoms with Gasteiger partial charge in [0, 0.05) is 9.50 Å². The number of hydrogen-bond acceptors (Lipinski definition) is 4. The second-order valence-electron chi connectivity index (χ2n) is 8.62. The van der Waals surface area contributed by atoms with Crippen LogP contribution in [0.3, 0.4) is 0 Å². The summed E-state index contributed by atoms with van der Waals surface area (Å²) in [7, 11) is -4.03. The Balaban J connectivity index is 1.73. The number of carbonyl (C=O) groups is 1. The Morgan fingerprint density at radius 1 is 0.947 bits per heavy atom. The molecule has 194 valence electrons. The van der Waals surface area contributed by atoms with Gasteiger partial charge >= 0.3 is 0 Å². The molecular weight excluding hydrogens is 586 g/mol. The average molecular weight is 611 g/mol. The molecule has 0 heterocycles. The molecule has 4 rings (SSSR count). The molecule has 1 amide bonds. The van der Waals surface area contributed by atoms with Crippen LogP contribution in [-0.2, 0) is 16.6 Å². The summed E-state index contributed by atoms with van der Waals surface area (Å²) in [5.74, 6) is -0.532. The molecule has 1 N–H and O–H groups in total. The Morgan fingerprint density at radius 2 is 1.63 bits per heavy atom. The zero-order valence-corrected chi connectivity index (χ0v) is 23.9. The SMILES string of the molecule is CC(=NNC(=O)c1ccccc1N(Cc1ccc(Cl)cc1)S(=O)(=O)c1ccc(C)cc1)c1cccc(Br)c1. The lowest BCUT2D eigenvalue weighted by Gasteiger charge is -2.26. The molecule has 0 fully saturated rings. The average Bonchev–Trinajstić information content (AvgIpc) is 2.91. The number of nitrogens with one attached hydrogen (secondary N) is 1. The maximum absolute atomic E-state index is 13.9. The van der Waals surface area contributed by atoms with Crippen LogP contribution >= 0.6 is 27.5 Å². The molecule has 0 bridgehead atoms. The van der Waals surface area contributed by atoms with Crippen LogP contribution in [0.5, 0.6) is 0 Å². The predicted octanol–water partition coefficient (Wildman–Crippen LogP) is 6.96. The number of hydrazone groups is 1. The van der Waals surface area contributed by atoms with Crippen LogP contribution in [0.1, 0.15) is 34.0 Å². The van der Waals surface area contributed by atoms with E-state index in [-0.39, 0.29) is 22.7 Å². The Hall–Kier alpha value is -3.46. The van der Waals surface area contributed by atoms with Gasteiger partial charge in [0.15, 0.2) is 0 Å². The van der Waals surface area contributed by atoms with E-state index < -0.39 is 15.9 Å². The normalized spacial score (nSPS) is 11.7. The number of halogens is 2. The predicted molar refractivity (Wildman–Crippen MR) is 156 cm³/mol. The molecule has 9 heteroatoms. The van der Waals surface area contributed by atoms with Gasteiger partial charge in [0.05, 0.1) is 28.4 Å². The van der Waals surface area contributed by atoms with Gasteiger partial charge in [-0.05, 0) is 73.5 Å². The van der Waals surface area contributed by atoms with E-state index in [0.29, 0.717) is 16.3 Å². The number of rotatable bonds is 8. The fourth-order valence-electron chi connectivity index (χ4n) is 3.75. The molecule has 0 aliphatic carbocycles. The molecule has 0 radical (unpaired) electrons. The fourth-order valence-corrected chi connectivity index (χ4v) is 5.75. The van der Waals surface area contributed by atoms with Gasteiger partial charge in [-0.3, -0.25) is 9.10 Å². The third-order valence-electron chi connectivity index (χ3n) is 5.83. The van der Waals surface area contributed by atoms with Gasteiger partial charge in [0.1, 0.15) is 0 Å². The largest absolute Gasteiger partial charge is 0.273 e. The second kappa shape index (κ2) is 11.9. The molecule has 4 aromatic carbocycles. The van der Waals surface area contributed by atoms with E-state index in [1.165, 1.54) is 4.31 Å². The molecule has 0 saturated carbocycles. The molecule has 0 aromatic heterocycles. The summed E-state index contributed by atoms with van der Waals surface area (Å²) in [6.45, 7) is 3.67. The van der Waals surface area contributed by atoms with Gasteiger partial charge in [-0.2, -0.15) is 5.10 Å². The van der Waals surface area contributed by atoms with Crippen molar-refractivity contribution in [2.75, 3.05) is 4.31 Å². The Morgan fingerprint density at radius 3 is 2.32 bits per heavy atom. The highest BCUT2D eigenvalue weighted by atomic mass is 79.9. The summed E-state index contributed by atoms with van der Waals surface area (Å²) in [5.41, 5.74) is 6.06. The van der Waals surface area contributed by atoms with Gasteiger partial charge in [0.2, 0.25) is 0 Å². The zero-order chi connectivity index (χ0) is 27.3. The first-order valence-corrected chi connectivity index (χ1v) is 14.3. The molecule has 6 nitrogen and oxygen atoms in total. The van der Waals surface area contributed by atoms with Gasteiger partial charge in [-0.15, -0.1) is 0 Å². The first-order valence-electron chi connectivity index (χ1n) is 11.7. The number of para-hydroxylation sites is 1. The summed E-state index contributed by atoms with van der Waals surface area (Å²) >= 11 is 9.48. The monoisotopic (exact) mass is 609 g/mol. The number of sulfonamides is 1. The van der Waals surface area contributed by atoms with E-state index in [1.54, 1.807) is 79.7 Å². The number of anilines is 1. The van der Waals surface area contributed by atoms with Crippen molar-refractivity contribution in [2.45, 2.75) is 25.3 Å².